The van der Waals surface area contributed by atoms with Gasteiger partial charge >= 0.3 is 6.03 Å². The van der Waals surface area contributed by atoms with Crippen molar-refractivity contribution in [2.45, 2.75) is 32.2 Å². The summed E-state index contributed by atoms with van der Waals surface area (Å²) in [5.41, 5.74) is 0.672. The summed E-state index contributed by atoms with van der Waals surface area (Å²) in [6.45, 7) is 3.18. The highest BCUT2D eigenvalue weighted by atomic mass is 16.5. The van der Waals surface area contributed by atoms with E-state index in [9.17, 15) is 9.59 Å². The van der Waals surface area contributed by atoms with Gasteiger partial charge in [0.15, 0.2) is 0 Å². The molecule has 3 rings (SSSR count). The second-order valence-electron chi connectivity index (χ2n) is 6.98. The molecule has 1 saturated heterocycles. The molecule has 3 amide bonds. The fourth-order valence-electron chi connectivity index (χ4n) is 3.26. The van der Waals surface area contributed by atoms with Gasteiger partial charge in [0.25, 0.3) is 0 Å². The molecule has 0 spiro atoms. The Morgan fingerprint density at radius 1 is 1.07 bits per heavy atom. The van der Waals surface area contributed by atoms with E-state index in [1.54, 1.807) is 29.0 Å². The van der Waals surface area contributed by atoms with E-state index in [0.717, 1.165) is 18.6 Å². The highest BCUT2D eigenvalue weighted by molar-refractivity contribution is 5.94. The van der Waals surface area contributed by atoms with E-state index in [-0.39, 0.29) is 18.0 Å². The van der Waals surface area contributed by atoms with Crippen molar-refractivity contribution < 1.29 is 14.3 Å². The van der Waals surface area contributed by atoms with Crippen LogP contribution in [0.2, 0.25) is 0 Å². The monoisotopic (exact) mass is 381 g/mol. The van der Waals surface area contributed by atoms with E-state index in [0.29, 0.717) is 30.9 Å². The Morgan fingerprint density at radius 3 is 2.43 bits per heavy atom. The summed E-state index contributed by atoms with van der Waals surface area (Å²) < 4.78 is 5.77. The number of para-hydroxylation sites is 1. The predicted molar refractivity (Wildman–Crippen MR) is 110 cm³/mol. The number of unbranched alkanes of at least 4 members (excludes halogenated alkanes) is 1. The molecule has 0 aliphatic carbocycles. The quantitative estimate of drug-likeness (QED) is 0.809. The second kappa shape index (κ2) is 9.26. The molecule has 1 aliphatic heterocycles. The Bertz CT molecular complexity index is 792. The highest BCUT2D eigenvalue weighted by Crippen LogP contribution is 2.23. The fourth-order valence-corrected chi connectivity index (χ4v) is 3.26. The highest BCUT2D eigenvalue weighted by Gasteiger charge is 2.35. The van der Waals surface area contributed by atoms with E-state index >= 15 is 0 Å². The molecular weight excluding hydrogens is 354 g/mol. The molecule has 1 unspecified atom stereocenters. The molecular formula is C22H27N3O3. The third kappa shape index (κ3) is 4.82. The number of likely N-dealkylation sites (N-methyl/N-ethyl adjacent to an activating group) is 1. The van der Waals surface area contributed by atoms with Crippen LogP contribution in [0, 0.1) is 0 Å². The van der Waals surface area contributed by atoms with Crippen LogP contribution in [0.5, 0.6) is 11.5 Å². The summed E-state index contributed by atoms with van der Waals surface area (Å²) in [6, 6.07) is 16.1. The van der Waals surface area contributed by atoms with Crippen molar-refractivity contribution >= 4 is 17.6 Å². The summed E-state index contributed by atoms with van der Waals surface area (Å²) in [6.07, 6.45) is 2.60. The van der Waals surface area contributed by atoms with Crippen molar-refractivity contribution in [1.82, 2.24) is 9.80 Å². The van der Waals surface area contributed by atoms with Gasteiger partial charge in [0.1, 0.15) is 17.5 Å². The van der Waals surface area contributed by atoms with Gasteiger partial charge in [-0.1, -0.05) is 38.0 Å². The van der Waals surface area contributed by atoms with Gasteiger partial charge in [-0.05, 0) is 42.8 Å². The molecule has 0 bridgehead atoms. The smallest absolute Gasteiger partial charge is 0.322 e. The molecule has 148 valence electrons. The number of benzene rings is 2. The number of amides is 3. The molecule has 2 aromatic rings. The van der Waals surface area contributed by atoms with Gasteiger partial charge in [0.05, 0.1) is 0 Å². The molecule has 28 heavy (non-hydrogen) atoms. The van der Waals surface area contributed by atoms with Crippen LogP contribution >= 0.6 is 0 Å². The third-order valence-corrected chi connectivity index (χ3v) is 4.89. The van der Waals surface area contributed by atoms with Crippen molar-refractivity contribution in [3.8, 4) is 11.5 Å². The zero-order valence-electron chi connectivity index (χ0n) is 16.4. The van der Waals surface area contributed by atoms with Crippen LogP contribution in [0.3, 0.4) is 0 Å². The first-order valence-electron chi connectivity index (χ1n) is 9.74. The average Bonchev–Trinajstić information content (AvgIpc) is 2.71. The van der Waals surface area contributed by atoms with E-state index in [2.05, 4.69) is 12.2 Å². The minimum atomic E-state index is -0.389. The first kappa shape index (κ1) is 19.7. The first-order chi connectivity index (χ1) is 13.6. The van der Waals surface area contributed by atoms with Crippen LogP contribution in [0.4, 0.5) is 10.5 Å². The SMILES string of the molecule is CCCCC1C(=O)N(C)CCN1C(=O)Nc1ccc(Oc2ccccc2)cc1. The maximum atomic E-state index is 12.8. The summed E-state index contributed by atoms with van der Waals surface area (Å²) in [4.78, 5) is 28.7. The van der Waals surface area contributed by atoms with Gasteiger partial charge in [-0.25, -0.2) is 4.79 Å². The summed E-state index contributed by atoms with van der Waals surface area (Å²) in [7, 11) is 1.79. The largest absolute Gasteiger partial charge is 0.457 e. The van der Waals surface area contributed by atoms with Crippen LogP contribution in [-0.2, 0) is 4.79 Å². The molecule has 1 N–H and O–H groups in total. The van der Waals surface area contributed by atoms with Crippen molar-refractivity contribution in [3.63, 3.8) is 0 Å². The van der Waals surface area contributed by atoms with Crippen molar-refractivity contribution in [1.29, 1.82) is 0 Å². The van der Waals surface area contributed by atoms with Crippen molar-refractivity contribution in [2.75, 3.05) is 25.5 Å². The third-order valence-electron chi connectivity index (χ3n) is 4.89. The molecule has 1 fully saturated rings. The minimum absolute atomic E-state index is 0.0152. The topological polar surface area (TPSA) is 61.9 Å². The zero-order valence-corrected chi connectivity index (χ0v) is 16.4. The van der Waals surface area contributed by atoms with Crippen LogP contribution in [0.15, 0.2) is 54.6 Å². The number of carbonyl (C=O) groups excluding carboxylic acids is 2. The lowest BCUT2D eigenvalue weighted by Gasteiger charge is -2.39. The van der Waals surface area contributed by atoms with E-state index in [1.807, 2.05) is 42.5 Å². The van der Waals surface area contributed by atoms with Crippen LogP contribution in [0.25, 0.3) is 0 Å². The minimum Gasteiger partial charge on any atom is -0.457 e. The Hall–Kier alpha value is -3.02. The lowest BCUT2D eigenvalue weighted by Crippen LogP contribution is -2.58. The molecule has 0 radical (unpaired) electrons. The number of piperazine rings is 1. The maximum absolute atomic E-state index is 12.8. The first-order valence-corrected chi connectivity index (χ1v) is 9.74. The Labute approximate surface area is 166 Å². The zero-order chi connectivity index (χ0) is 19.9. The Kier molecular flexibility index (Phi) is 6.53. The van der Waals surface area contributed by atoms with Gasteiger partial charge in [0, 0.05) is 25.8 Å². The second-order valence-corrected chi connectivity index (χ2v) is 6.98. The van der Waals surface area contributed by atoms with Gasteiger partial charge in [-0.15, -0.1) is 0 Å². The average molecular weight is 381 g/mol. The van der Waals surface area contributed by atoms with Crippen LogP contribution < -0.4 is 10.1 Å². The standard InChI is InChI=1S/C22H27N3O3/c1-3-4-10-20-21(26)24(2)15-16-25(20)22(27)23-17-11-13-19(14-12-17)28-18-8-6-5-7-9-18/h5-9,11-14,20H,3-4,10,15-16H2,1-2H3,(H,23,27). The number of nitrogens with one attached hydrogen (secondary N) is 1. The molecule has 1 heterocycles. The number of nitrogens with zero attached hydrogens (tertiary/aromatic N) is 2. The van der Waals surface area contributed by atoms with Gasteiger partial charge < -0.3 is 19.9 Å². The number of rotatable bonds is 6. The van der Waals surface area contributed by atoms with Gasteiger partial charge in [-0.2, -0.15) is 0 Å². The number of hydrogen-bond donors (Lipinski definition) is 1. The van der Waals surface area contributed by atoms with E-state index < -0.39 is 0 Å². The summed E-state index contributed by atoms with van der Waals surface area (Å²) in [5, 5.41) is 2.91. The van der Waals surface area contributed by atoms with Gasteiger partial charge in [-0.3, -0.25) is 4.79 Å². The molecule has 1 aliphatic rings. The molecule has 1 atom stereocenters. The fraction of sp³-hybridized carbons (Fsp3) is 0.364. The molecule has 6 heteroatoms. The lowest BCUT2D eigenvalue weighted by molar-refractivity contribution is -0.138. The van der Waals surface area contributed by atoms with E-state index in [4.69, 9.17) is 4.74 Å². The number of hydrogen-bond acceptors (Lipinski definition) is 3. The predicted octanol–water partition coefficient (Wildman–Crippen LogP) is 4.34. The normalized spacial score (nSPS) is 16.8. The number of carbonyl (C=O) groups is 2. The Balaban J connectivity index is 1.63. The molecule has 2 aromatic carbocycles. The number of urea groups is 1. The lowest BCUT2D eigenvalue weighted by atomic mass is 10.0. The molecule has 6 nitrogen and oxygen atoms in total. The maximum Gasteiger partial charge on any atom is 0.322 e. The Morgan fingerprint density at radius 2 is 1.75 bits per heavy atom. The van der Waals surface area contributed by atoms with Crippen molar-refractivity contribution in [3.05, 3.63) is 54.6 Å². The van der Waals surface area contributed by atoms with Crippen LogP contribution in [-0.4, -0.2) is 47.9 Å². The summed E-state index contributed by atoms with van der Waals surface area (Å²) >= 11 is 0. The van der Waals surface area contributed by atoms with E-state index in [1.165, 1.54) is 0 Å². The van der Waals surface area contributed by atoms with Gasteiger partial charge in [0.2, 0.25) is 5.91 Å². The number of anilines is 1. The molecule has 0 saturated carbocycles. The summed E-state index contributed by atoms with van der Waals surface area (Å²) in [5.74, 6) is 1.47. The van der Waals surface area contributed by atoms with Crippen molar-refractivity contribution in [2.24, 2.45) is 0 Å². The van der Waals surface area contributed by atoms with Crippen LogP contribution in [0.1, 0.15) is 26.2 Å². The molecule has 0 aromatic heterocycles. The number of ether oxygens (including phenoxy) is 1.